The van der Waals surface area contributed by atoms with Gasteiger partial charge in [-0.15, -0.1) is 0 Å². The zero-order chi connectivity index (χ0) is 15.9. The molecule has 0 aliphatic carbocycles. The van der Waals surface area contributed by atoms with Crippen molar-refractivity contribution >= 4 is 0 Å². The highest BCUT2D eigenvalue weighted by Crippen LogP contribution is 2.39. The van der Waals surface area contributed by atoms with Crippen LogP contribution in [0, 0.1) is 0 Å². The lowest BCUT2D eigenvalue weighted by Crippen LogP contribution is -2.30. The standard InChI is InChI=1S/C16H23N3O3/c1-12(11-19-9-5-8-18-19)17-10-13-6-7-14(20-2)16(22-4)15(13)21-3/h5-9,12,17H,10-11H2,1-4H3/t12-/m0/s1. The quantitative estimate of drug-likeness (QED) is 0.809. The van der Waals surface area contributed by atoms with Crippen molar-refractivity contribution in [1.82, 2.24) is 15.1 Å². The van der Waals surface area contributed by atoms with E-state index >= 15 is 0 Å². The fourth-order valence-corrected chi connectivity index (χ4v) is 2.34. The Morgan fingerprint density at radius 2 is 1.91 bits per heavy atom. The van der Waals surface area contributed by atoms with Gasteiger partial charge in [-0.25, -0.2) is 0 Å². The summed E-state index contributed by atoms with van der Waals surface area (Å²) in [6.07, 6.45) is 3.74. The SMILES string of the molecule is COc1ccc(CN[C@@H](C)Cn2cccn2)c(OC)c1OC. The van der Waals surface area contributed by atoms with Crippen LogP contribution in [0.1, 0.15) is 12.5 Å². The van der Waals surface area contributed by atoms with Crippen LogP contribution in [0.4, 0.5) is 0 Å². The molecule has 1 aromatic carbocycles. The molecule has 1 atom stereocenters. The maximum atomic E-state index is 5.49. The summed E-state index contributed by atoms with van der Waals surface area (Å²) in [5, 5.41) is 7.67. The van der Waals surface area contributed by atoms with Crippen molar-refractivity contribution in [2.75, 3.05) is 21.3 Å². The van der Waals surface area contributed by atoms with Crippen LogP contribution < -0.4 is 19.5 Å². The number of aromatic nitrogens is 2. The summed E-state index contributed by atoms with van der Waals surface area (Å²) in [5.41, 5.74) is 1.02. The van der Waals surface area contributed by atoms with Gasteiger partial charge in [0, 0.05) is 30.5 Å². The third-order valence-electron chi connectivity index (χ3n) is 3.45. The zero-order valence-corrected chi connectivity index (χ0v) is 13.5. The second-order valence-electron chi connectivity index (χ2n) is 5.00. The van der Waals surface area contributed by atoms with Crippen LogP contribution >= 0.6 is 0 Å². The third kappa shape index (κ3) is 3.71. The van der Waals surface area contributed by atoms with Gasteiger partial charge in [0.15, 0.2) is 11.5 Å². The number of ether oxygens (including phenoxy) is 3. The highest BCUT2D eigenvalue weighted by atomic mass is 16.5. The van der Waals surface area contributed by atoms with Gasteiger partial charge >= 0.3 is 0 Å². The topological polar surface area (TPSA) is 57.5 Å². The van der Waals surface area contributed by atoms with E-state index in [2.05, 4.69) is 17.3 Å². The monoisotopic (exact) mass is 305 g/mol. The van der Waals surface area contributed by atoms with Crippen molar-refractivity contribution in [2.24, 2.45) is 0 Å². The van der Waals surface area contributed by atoms with Crippen LogP contribution in [-0.4, -0.2) is 37.2 Å². The molecule has 0 aliphatic heterocycles. The van der Waals surface area contributed by atoms with Crippen LogP contribution in [0.25, 0.3) is 0 Å². The second-order valence-corrected chi connectivity index (χ2v) is 5.00. The Bertz CT molecular complexity index is 585. The first-order valence-corrected chi connectivity index (χ1v) is 7.18. The molecule has 1 aromatic heterocycles. The van der Waals surface area contributed by atoms with Gasteiger partial charge < -0.3 is 19.5 Å². The van der Waals surface area contributed by atoms with Gasteiger partial charge in [-0.3, -0.25) is 4.68 Å². The van der Waals surface area contributed by atoms with E-state index in [1.807, 2.05) is 29.1 Å². The number of hydrogen-bond acceptors (Lipinski definition) is 5. The highest BCUT2D eigenvalue weighted by molar-refractivity contribution is 5.55. The largest absolute Gasteiger partial charge is 0.493 e. The van der Waals surface area contributed by atoms with Crippen LogP contribution in [0.2, 0.25) is 0 Å². The number of rotatable bonds is 8. The molecule has 0 saturated heterocycles. The van der Waals surface area contributed by atoms with Crippen LogP contribution in [0.15, 0.2) is 30.6 Å². The van der Waals surface area contributed by atoms with Crippen molar-refractivity contribution in [2.45, 2.75) is 26.1 Å². The Morgan fingerprint density at radius 1 is 1.14 bits per heavy atom. The minimum absolute atomic E-state index is 0.276. The maximum absolute atomic E-state index is 5.49. The molecule has 1 N–H and O–H groups in total. The van der Waals surface area contributed by atoms with Crippen LogP contribution in [-0.2, 0) is 13.1 Å². The van der Waals surface area contributed by atoms with Crippen LogP contribution in [0.3, 0.4) is 0 Å². The molecule has 0 amide bonds. The Balaban J connectivity index is 2.05. The predicted octanol–water partition coefficient (Wildman–Crippen LogP) is 2.09. The van der Waals surface area contributed by atoms with Crippen molar-refractivity contribution in [3.8, 4) is 17.2 Å². The van der Waals surface area contributed by atoms with Gasteiger partial charge in [-0.2, -0.15) is 5.10 Å². The van der Waals surface area contributed by atoms with Crippen molar-refractivity contribution in [3.63, 3.8) is 0 Å². The lowest BCUT2D eigenvalue weighted by molar-refractivity contribution is 0.321. The Labute approximate surface area is 131 Å². The van der Waals surface area contributed by atoms with Gasteiger partial charge in [0.2, 0.25) is 5.75 Å². The minimum Gasteiger partial charge on any atom is -0.493 e. The van der Waals surface area contributed by atoms with E-state index in [0.717, 1.165) is 12.1 Å². The summed E-state index contributed by atoms with van der Waals surface area (Å²) in [6, 6.07) is 6.06. The average molecular weight is 305 g/mol. The molecule has 1 heterocycles. The first-order chi connectivity index (χ1) is 10.7. The van der Waals surface area contributed by atoms with Gasteiger partial charge in [-0.05, 0) is 19.1 Å². The molecular weight excluding hydrogens is 282 g/mol. The maximum Gasteiger partial charge on any atom is 0.203 e. The fraction of sp³-hybridized carbons (Fsp3) is 0.438. The molecule has 0 aliphatic rings. The molecule has 2 rings (SSSR count). The number of hydrogen-bond donors (Lipinski definition) is 1. The van der Waals surface area contributed by atoms with Crippen LogP contribution in [0.5, 0.6) is 17.2 Å². The lowest BCUT2D eigenvalue weighted by Gasteiger charge is -2.18. The molecule has 0 unspecified atom stereocenters. The van der Waals surface area contributed by atoms with Gasteiger partial charge in [0.05, 0.1) is 27.9 Å². The molecule has 6 heteroatoms. The Hall–Kier alpha value is -2.21. The summed E-state index contributed by atoms with van der Waals surface area (Å²) in [5.74, 6) is 1.97. The molecular formula is C16H23N3O3. The van der Waals surface area contributed by atoms with Gasteiger partial charge in [0.25, 0.3) is 0 Å². The summed E-state index contributed by atoms with van der Waals surface area (Å²) < 4.78 is 18.1. The van der Waals surface area contributed by atoms with E-state index in [0.29, 0.717) is 23.8 Å². The second kappa shape index (κ2) is 7.70. The molecule has 120 valence electrons. The van der Waals surface area contributed by atoms with E-state index in [-0.39, 0.29) is 6.04 Å². The Kier molecular flexibility index (Phi) is 5.66. The fourth-order valence-electron chi connectivity index (χ4n) is 2.34. The van der Waals surface area contributed by atoms with E-state index in [1.54, 1.807) is 27.5 Å². The van der Waals surface area contributed by atoms with Gasteiger partial charge in [-0.1, -0.05) is 6.07 Å². The van der Waals surface area contributed by atoms with E-state index in [4.69, 9.17) is 14.2 Å². The first kappa shape index (κ1) is 16.2. The molecule has 0 fully saturated rings. The minimum atomic E-state index is 0.276. The van der Waals surface area contributed by atoms with Crippen molar-refractivity contribution in [3.05, 3.63) is 36.2 Å². The Morgan fingerprint density at radius 3 is 2.50 bits per heavy atom. The third-order valence-corrected chi connectivity index (χ3v) is 3.45. The molecule has 22 heavy (non-hydrogen) atoms. The predicted molar refractivity (Wildman–Crippen MR) is 84.6 cm³/mol. The van der Waals surface area contributed by atoms with E-state index < -0.39 is 0 Å². The number of nitrogens with zero attached hydrogens (tertiary/aromatic N) is 2. The molecule has 0 spiro atoms. The highest BCUT2D eigenvalue weighted by Gasteiger charge is 2.16. The summed E-state index contributed by atoms with van der Waals surface area (Å²) >= 11 is 0. The molecule has 0 bridgehead atoms. The normalized spacial score (nSPS) is 12.0. The average Bonchev–Trinajstić information content (AvgIpc) is 3.04. The molecule has 6 nitrogen and oxygen atoms in total. The van der Waals surface area contributed by atoms with Crippen molar-refractivity contribution in [1.29, 1.82) is 0 Å². The lowest BCUT2D eigenvalue weighted by atomic mass is 10.1. The van der Waals surface area contributed by atoms with Crippen molar-refractivity contribution < 1.29 is 14.2 Å². The number of nitrogens with one attached hydrogen (secondary N) is 1. The number of benzene rings is 1. The summed E-state index contributed by atoms with van der Waals surface area (Å²) in [6.45, 7) is 3.60. The van der Waals surface area contributed by atoms with E-state index in [1.165, 1.54) is 0 Å². The summed E-state index contributed by atoms with van der Waals surface area (Å²) in [4.78, 5) is 0. The van der Waals surface area contributed by atoms with E-state index in [9.17, 15) is 0 Å². The number of methoxy groups -OCH3 is 3. The van der Waals surface area contributed by atoms with Gasteiger partial charge in [0.1, 0.15) is 0 Å². The summed E-state index contributed by atoms with van der Waals surface area (Å²) in [7, 11) is 4.85. The smallest absolute Gasteiger partial charge is 0.203 e. The first-order valence-electron chi connectivity index (χ1n) is 7.18. The molecule has 0 radical (unpaired) electrons. The zero-order valence-electron chi connectivity index (χ0n) is 13.5. The molecule has 0 saturated carbocycles. The molecule has 2 aromatic rings.